The molecule has 1 fully saturated rings. The van der Waals surface area contributed by atoms with Gasteiger partial charge in [0.25, 0.3) is 11.8 Å². The quantitative estimate of drug-likeness (QED) is 0.506. The molecule has 0 saturated heterocycles. The molecule has 1 saturated carbocycles. The standard InChI is InChI=1S/C15H18ClN5O3/c16-13-11(12(20-21-13)8-3-4-8)15(24)19-7-9(22)6-18-14(23)10-2-1-5-17-10/h1-2,5,8-9,17,22H,3-4,6-7H2,(H,18,23)(H,19,24)(H,20,21). The number of H-pyrrole nitrogens is 2. The van der Waals surface area contributed by atoms with Crippen molar-refractivity contribution in [3.8, 4) is 0 Å². The van der Waals surface area contributed by atoms with Gasteiger partial charge in [-0.15, -0.1) is 0 Å². The average Bonchev–Trinajstić information content (AvgIpc) is 3.11. The summed E-state index contributed by atoms with van der Waals surface area (Å²) >= 11 is 5.96. The van der Waals surface area contributed by atoms with Crippen LogP contribution in [0.25, 0.3) is 0 Å². The molecular weight excluding hydrogens is 334 g/mol. The number of aromatic amines is 2. The Kier molecular flexibility index (Phi) is 4.86. The van der Waals surface area contributed by atoms with Crippen LogP contribution in [0.1, 0.15) is 45.3 Å². The molecule has 0 radical (unpaired) electrons. The van der Waals surface area contributed by atoms with Crippen molar-refractivity contribution < 1.29 is 14.7 Å². The van der Waals surface area contributed by atoms with E-state index in [4.69, 9.17) is 11.6 Å². The number of rotatable bonds is 7. The van der Waals surface area contributed by atoms with Gasteiger partial charge in [-0.2, -0.15) is 5.10 Å². The zero-order chi connectivity index (χ0) is 17.1. The summed E-state index contributed by atoms with van der Waals surface area (Å²) < 4.78 is 0. The Morgan fingerprint density at radius 3 is 2.67 bits per heavy atom. The Morgan fingerprint density at radius 1 is 1.33 bits per heavy atom. The number of amides is 2. The van der Waals surface area contributed by atoms with E-state index in [0.717, 1.165) is 18.5 Å². The molecule has 1 aliphatic carbocycles. The Labute approximate surface area is 143 Å². The van der Waals surface area contributed by atoms with Gasteiger partial charge in [-0.1, -0.05) is 11.6 Å². The highest BCUT2D eigenvalue weighted by Gasteiger charge is 2.32. The van der Waals surface area contributed by atoms with Crippen molar-refractivity contribution in [2.24, 2.45) is 0 Å². The molecule has 0 bridgehead atoms. The summed E-state index contributed by atoms with van der Waals surface area (Å²) in [7, 11) is 0. The van der Waals surface area contributed by atoms with Gasteiger partial charge >= 0.3 is 0 Å². The molecule has 1 aliphatic rings. The highest BCUT2D eigenvalue weighted by molar-refractivity contribution is 6.32. The van der Waals surface area contributed by atoms with Crippen molar-refractivity contribution >= 4 is 23.4 Å². The Morgan fingerprint density at radius 2 is 2.04 bits per heavy atom. The minimum Gasteiger partial charge on any atom is -0.389 e. The molecule has 1 unspecified atom stereocenters. The fourth-order valence-electron chi connectivity index (χ4n) is 2.36. The van der Waals surface area contributed by atoms with Crippen molar-refractivity contribution in [1.82, 2.24) is 25.8 Å². The van der Waals surface area contributed by atoms with E-state index in [1.165, 1.54) is 0 Å². The number of halogens is 1. The molecule has 8 nitrogen and oxygen atoms in total. The van der Waals surface area contributed by atoms with E-state index in [1.54, 1.807) is 18.3 Å². The van der Waals surface area contributed by atoms with Crippen LogP contribution >= 0.6 is 11.6 Å². The molecule has 2 heterocycles. The van der Waals surface area contributed by atoms with Crippen LogP contribution in [-0.2, 0) is 0 Å². The van der Waals surface area contributed by atoms with Gasteiger partial charge in [-0.25, -0.2) is 0 Å². The first kappa shape index (κ1) is 16.5. The second kappa shape index (κ2) is 7.06. The fourth-order valence-corrected chi connectivity index (χ4v) is 2.59. The first-order chi connectivity index (χ1) is 11.6. The molecule has 24 heavy (non-hydrogen) atoms. The van der Waals surface area contributed by atoms with Crippen molar-refractivity contribution in [3.63, 3.8) is 0 Å². The Balaban J connectivity index is 1.47. The molecule has 2 aromatic heterocycles. The van der Waals surface area contributed by atoms with E-state index in [9.17, 15) is 14.7 Å². The van der Waals surface area contributed by atoms with Crippen LogP contribution in [0.3, 0.4) is 0 Å². The van der Waals surface area contributed by atoms with E-state index < -0.39 is 6.10 Å². The molecule has 2 amide bonds. The predicted molar refractivity (Wildman–Crippen MR) is 87.0 cm³/mol. The number of nitrogens with one attached hydrogen (secondary N) is 4. The normalized spacial score (nSPS) is 15.1. The number of aliphatic hydroxyl groups excluding tert-OH is 1. The zero-order valence-corrected chi connectivity index (χ0v) is 13.6. The largest absolute Gasteiger partial charge is 0.389 e. The SMILES string of the molecule is O=C(NCC(O)CNC(=O)c1c(Cl)n[nH]c1C1CC1)c1ccc[nH]1. The topological polar surface area (TPSA) is 123 Å². The van der Waals surface area contributed by atoms with Gasteiger partial charge in [0.2, 0.25) is 0 Å². The molecule has 5 N–H and O–H groups in total. The zero-order valence-electron chi connectivity index (χ0n) is 12.8. The maximum atomic E-state index is 12.3. The molecular formula is C15H18ClN5O3. The second-order valence-corrected chi connectivity index (χ2v) is 6.09. The lowest BCUT2D eigenvalue weighted by molar-refractivity contribution is 0.0882. The van der Waals surface area contributed by atoms with Gasteiger partial charge in [0, 0.05) is 25.2 Å². The van der Waals surface area contributed by atoms with Crippen LogP contribution in [0.2, 0.25) is 5.15 Å². The van der Waals surface area contributed by atoms with Crippen LogP contribution in [0.4, 0.5) is 0 Å². The molecule has 0 aromatic carbocycles. The van der Waals surface area contributed by atoms with Crippen LogP contribution in [0.15, 0.2) is 18.3 Å². The number of aliphatic hydroxyl groups is 1. The highest BCUT2D eigenvalue weighted by atomic mass is 35.5. The second-order valence-electron chi connectivity index (χ2n) is 5.74. The van der Waals surface area contributed by atoms with Crippen LogP contribution in [0.5, 0.6) is 0 Å². The number of carbonyl (C=O) groups excluding carboxylic acids is 2. The highest BCUT2D eigenvalue weighted by Crippen LogP contribution is 2.41. The summed E-state index contributed by atoms with van der Waals surface area (Å²) in [5.41, 5.74) is 1.49. The number of hydrogen-bond donors (Lipinski definition) is 5. The van der Waals surface area contributed by atoms with E-state index in [-0.39, 0.29) is 30.1 Å². The summed E-state index contributed by atoms with van der Waals surface area (Å²) in [4.78, 5) is 26.8. The third kappa shape index (κ3) is 3.77. The van der Waals surface area contributed by atoms with Crippen molar-refractivity contribution in [3.05, 3.63) is 40.4 Å². The fraction of sp³-hybridized carbons (Fsp3) is 0.400. The van der Waals surface area contributed by atoms with Crippen LogP contribution in [-0.4, -0.2) is 51.3 Å². The maximum Gasteiger partial charge on any atom is 0.267 e. The van der Waals surface area contributed by atoms with Crippen molar-refractivity contribution in [2.75, 3.05) is 13.1 Å². The molecule has 0 spiro atoms. The molecule has 3 rings (SSSR count). The van der Waals surface area contributed by atoms with Crippen LogP contribution in [0, 0.1) is 0 Å². The predicted octanol–water partition coefficient (Wildman–Crippen LogP) is 0.789. The third-order valence-electron chi connectivity index (χ3n) is 3.80. The summed E-state index contributed by atoms with van der Waals surface area (Å²) in [6.45, 7) is 0.0161. The first-order valence-electron chi connectivity index (χ1n) is 7.68. The summed E-state index contributed by atoms with van der Waals surface area (Å²) in [5.74, 6) is -0.402. The Hall–Kier alpha value is -2.32. The van der Waals surface area contributed by atoms with Gasteiger partial charge in [-0.05, 0) is 25.0 Å². The number of hydrogen-bond acceptors (Lipinski definition) is 4. The van der Waals surface area contributed by atoms with Crippen molar-refractivity contribution in [2.45, 2.75) is 24.9 Å². The summed E-state index contributed by atoms with van der Waals surface area (Å²) in [6.07, 6.45) is 2.73. The van der Waals surface area contributed by atoms with Crippen molar-refractivity contribution in [1.29, 1.82) is 0 Å². The number of nitrogens with zero attached hydrogens (tertiary/aromatic N) is 1. The van der Waals surface area contributed by atoms with Gasteiger partial charge in [0.15, 0.2) is 5.15 Å². The van der Waals surface area contributed by atoms with Gasteiger partial charge < -0.3 is 20.7 Å². The maximum absolute atomic E-state index is 12.3. The minimum atomic E-state index is -0.914. The van der Waals surface area contributed by atoms with E-state index >= 15 is 0 Å². The smallest absolute Gasteiger partial charge is 0.267 e. The first-order valence-corrected chi connectivity index (χ1v) is 8.05. The monoisotopic (exact) mass is 351 g/mol. The van der Waals surface area contributed by atoms with E-state index in [0.29, 0.717) is 17.2 Å². The molecule has 0 aliphatic heterocycles. The lowest BCUT2D eigenvalue weighted by atomic mass is 10.1. The van der Waals surface area contributed by atoms with Gasteiger partial charge in [0.1, 0.15) is 5.69 Å². The average molecular weight is 352 g/mol. The third-order valence-corrected chi connectivity index (χ3v) is 4.08. The number of aromatic nitrogens is 3. The summed E-state index contributed by atoms with van der Waals surface area (Å²) in [5, 5.41) is 21.9. The molecule has 128 valence electrons. The minimum absolute atomic E-state index is 0.00451. The van der Waals surface area contributed by atoms with Gasteiger partial charge in [-0.3, -0.25) is 14.7 Å². The van der Waals surface area contributed by atoms with Crippen LogP contribution < -0.4 is 10.6 Å². The lowest BCUT2D eigenvalue weighted by Gasteiger charge is -2.13. The van der Waals surface area contributed by atoms with E-state index in [1.807, 2.05) is 0 Å². The number of carbonyl (C=O) groups is 2. The molecule has 1 atom stereocenters. The Bertz CT molecular complexity index is 724. The molecule has 2 aromatic rings. The lowest BCUT2D eigenvalue weighted by Crippen LogP contribution is -2.40. The van der Waals surface area contributed by atoms with Gasteiger partial charge in [0.05, 0.1) is 17.4 Å². The summed E-state index contributed by atoms with van der Waals surface area (Å²) in [6, 6.07) is 3.33. The van der Waals surface area contributed by atoms with E-state index in [2.05, 4.69) is 25.8 Å². The molecule has 9 heteroatoms.